The number of benzene rings is 1. The molecule has 1 aliphatic rings. The largest absolute Gasteiger partial charge is 0.492 e. The Kier molecular flexibility index (Phi) is 8.38. The maximum atomic E-state index is 12.7. The number of esters is 1. The molecule has 1 aliphatic heterocycles. The summed E-state index contributed by atoms with van der Waals surface area (Å²) in [5.74, 6) is -1.47. The number of urea groups is 1. The van der Waals surface area contributed by atoms with Gasteiger partial charge >= 0.3 is 12.0 Å². The Balaban J connectivity index is 1.95. The number of nitrogens with one attached hydrogen (secondary N) is 1. The van der Waals surface area contributed by atoms with Gasteiger partial charge in [-0.3, -0.25) is 14.9 Å². The number of amides is 4. The monoisotopic (exact) mass is 434 g/mol. The quantitative estimate of drug-likeness (QED) is 0.383. The van der Waals surface area contributed by atoms with Crippen molar-refractivity contribution in [3.8, 4) is 5.75 Å². The molecule has 0 bridgehead atoms. The molecule has 1 atom stereocenters. The molecule has 1 aromatic rings. The molecule has 5 N–H and O–H groups in total. The van der Waals surface area contributed by atoms with Gasteiger partial charge in [-0.1, -0.05) is 12.1 Å². The van der Waals surface area contributed by atoms with Gasteiger partial charge in [-0.05, 0) is 51.8 Å². The van der Waals surface area contributed by atoms with E-state index in [9.17, 15) is 19.2 Å². The van der Waals surface area contributed by atoms with Crippen LogP contribution in [0.15, 0.2) is 24.3 Å². The number of para-hydroxylation sites is 1. The Labute approximate surface area is 181 Å². The van der Waals surface area contributed by atoms with Crippen LogP contribution >= 0.6 is 0 Å². The number of primary amides is 1. The topological polar surface area (TPSA) is 154 Å². The van der Waals surface area contributed by atoms with Crippen molar-refractivity contribution < 1.29 is 28.7 Å². The second-order valence-corrected chi connectivity index (χ2v) is 7.95. The number of rotatable bonds is 9. The molecule has 170 valence electrons. The van der Waals surface area contributed by atoms with E-state index in [4.69, 9.17) is 20.9 Å². The number of hydrogen-bond acceptors (Lipinski definition) is 7. The highest BCUT2D eigenvalue weighted by molar-refractivity contribution is 5.98. The van der Waals surface area contributed by atoms with Crippen molar-refractivity contribution in [3.63, 3.8) is 0 Å². The molecule has 0 aliphatic carbocycles. The fourth-order valence-electron chi connectivity index (χ4n) is 3.07. The van der Waals surface area contributed by atoms with E-state index in [1.165, 1.54) is 11.0 Å². The molecule has 0 saturated carbocycles. The van der Waals surface area contributed by atoms with E-state index >= 15 is 0 Å². The number of nitrogens with zero attached hydrogens (tertiary/aromatic N) is 1. The molecule has 0 radical (unpaired) electrons. The summed E-state index contributed by atoms with van der Waals surface area (Å²) >= 11 is 0. The van der Waals surface area contributed by atoms with Gasteiger partial charge in [-0.25, -0.2) is 9.59 Å². The third-order valence-electron chi connectivity index (χ3n) is 4.95. The van der Waals surface area contributed by atoms with Crippen molar-refractivity contribution in [2.45, 2.75) is 39.2 Å². The van der Waals surface area contributed by atoms with Gasteiger partial charge < -0.3 is 25.8 Å². The van der Waals surface area contributed by atoms with Crippen molar-refractivity contribution >= 4 is 23.8 Å². The van der Waals surface area contributed by atoms with Gasteiger partial charge in [0.05, 0.1) is 17.6 Å². The highest BCUT2D eigenvalue weighted by Gasteiger charge is 2.38. The maximum absolute atomic E-state index is 12.7. The fraction of sp³-hybridized carbons (Fsp3) is 0.524. The van der Waals surface area contributed by atoms with Crippen LogP contribution in [0, 0.1) is 5.41 Å². The molecule has 4 amide bonds. The molecule has 0 spiro atoms. The number of carbonyl (C=O) groups excluding carboxylic acids is 4. The van der Waals surface area contributed by atoms with Gasteiger partial charge in [-0.15, -0.1) is 0 Å². The van der Waals surface area contributed by atoms with E-state index in [0.29, 0.717) is 32.4 Å². The van der Waals surface area contributed by atoms with Crippen LogP contribution in [0.5, 0.6) is 5.75 Å². The first kappa shape index (κ1) is 24.1. The summed E-state index contributed by atoms with van der Waals surface area (Å²) in [7, 11) is 0. The van der Waals surface area contributed by atoms with Crippen LogP contribution in [0.25, 0.3) is 0 Å². The average Bonchev–Trinajstić information content (AvgIpc) is 3.22. The second kappa shape index (κ2) is 10.8. The Morgan fingerprint density at radius 2 is 1.94 bits per heavy atom. The predicted molar refractivity (Wildman–Crippen MR) is 112 cm³/mol. The molecule has 1 saturated heterocycles. The molecule has 1 fully saturated rings. The summed E-state index contributed by atoms with van der Waals surface area (Å²) in [5, 5.41) is 2.34. The minimum atomic E-state index is -1.10. The van der Waals surface area contributed by atoms with Crippen molar-refractivity contribution in [3.05, 3.63) is 29.8 Å². The van der Waals surface area contributed by atoms with Gasteiger partial charge in [0, 0.05) is 6.54 Å². The highest BCUT2D eigenvalue weighted by Crippen LogP contribution is 2.23. The number of ether oxygens (including phenoxy) is 2. The number of imide groups is 1. The van der Waals surface area contributed by atoms with Crippen molar-refractivity contribution in [1.82, 2.24) is 10.2 Å². The predicted octanol–water partition coefficient (Wildman–Crippen LogP) is 0.783. The fourth-order valence-corrected chi connectivity index (χ4v) is 3.07. The Morgan fingerprint density at radius 3 is 2.61 bits per heavy atom. The summed E-state index contributed by atoms with van der Waals surface area (Å²) < 4.78 is 10.8. The van der Waals surface area contributed by atoms with Crippen molar-refractivity contribution in [2.75, 3.05) is 26.3 Å². The van der Waals surface area contributed by atoms with E-state index in [1.54, 1.807) is 32.0 Å². The SMILES string of the molecule is CC(C)(COc1ccccc1C(N)=O)C(=O)NC(=O)N1CCC[C@H]1C(=O)OCCCN. The average molecular weight is 434 g/mol. The molecule has 10 heteroatoms. The minimum absolute atomic E-state index is 0.0963. The van der Waals surface area contributed by atoms with Crippen molar-refractivity contribution in [1.29, 1.82) is 0 Å². The summed E-state index contributed by atoms with van der Waals surface area (Å²) in [6.07, 6.45) is 1.64. The minimum Gasteiger partial charge on any atom is -0.492 e. The highest BCUT2D eigenvalue weighted by atomic mass is 16.5. The molecular weight excluding hydrogens is 404 g/mol. The molecule has 0 unspecified atom stereocenters. The van der Waals surface area contributed by atoms with E-state index in [0.717, 1.165) is 0 Å². The van der Waals surface area contributed by atoms with Crippen molar-refractivity contribution in [2.24, 2.45) is 16.9 Å². The number of carbonyl (C=O) groups is 4. The Morgan fingerprint density at radius 1 is 1.23 bits per heavy atom. The molecule has 0 aromatic heterocycles. The molecule has 31 heavy (non-hydrogen) atoms. The van der Waals surface area contributed by atoms with E-state index in [1.807, 2.05) is 0 Å². The van der Waals surface area contributed by atoms with Gasteiger partial charge in [-0.2, -0.15) is 0 Å². The van der Waals surface area contributed by atoms with Crippen LogP contribution in [0.1, 0.15) is 43.5 Å². The molecule has 2 rings (SSSR count). The summed E-state index contributed by atoms with van der Waals surface area (Å²) in [5.41, 5.74) is 9.82. The number of hydrogen-bond donors (Lipinski definition) is 3. The lowest BCUT2D eigenvalue weighted by molar-refractivity contribution is -0.148. The van der Waals surface area contributed by atoms with Crippen LogP contribution in [0.2, 0.25) is 0 Å². The standard InChI is InChI=1S/C21H30N4O6/c1-21(2,13-31-16-9-4-3-7-14(16)17(23)26)19(28)24-20(29)25-11-5-8-15(25)18(27)30-12-6-10-22/h3-4,7,9,15H,5-6,8,10-13,22H2,1-2H3,(H2,23,26)(H,24,28,29)/t15-/m0/s1. The van der Waals surface area contributed by atoms with E-state index < -0.39 is 35.3 Å². The van der Waals surface area contributed by atoms with Crippen LogP contribution in [-0.4, -0.2) is 61.1 Å². The van der Waals surface area contributed by atoms with Crippen LogP contribution in [-0.2, 0) is 14.3 Å². The first-order valence-electron chi connectivity index (χ1n) is 10.2. The second-order valence-electron chi connectivity index (χ2n) is 7.95. The lowest BCUT2D eigenvalue weighted by atomic mass is 9.93. The van der Waals surface area contributed by atoms with Gasteiger partial charge in [0.15, 0.2) is 0 Å². The first-order chi connectivity index (χ1) is 14.7. The van der Waals surface area contributed by atoms with Gasteiger partial charge in [0.25, 0.3) is 5.91 Å². The summed E-state index contributed by atoms with van der Waals surface area (Å²) in [6.45, 7) is 4.05. The lowest BCUT2D eigenvalue weighted by Crippen LogP contribution is -2.52. The van der Waals surface area contributed by atoms with E-state index in [-0.39, 0.29) is 24.5 Å². The molecule has 10 nitrogen and oxygen atoms in total. The lowest BCUT2D eigenvalue weighted by Gasteiger charge is -2.27. The van der Waals surface area contributed by atoms with Crippen LogP contribution in [0.3, 0.4) is 0 Å². The van der Waals surface area contributed by atoms with Gasteiger partial charge in [0.2, 0.25) is 5.91 Å². The molecular formula is C21H30N4O6. The summed E-state index contributed by atoms with van der Waals surface area (Å²) in [6, 6.07) is 5.04. The molecule has 1 heterocycles. The Hall–Kier alpha value is -3.14. The normalized spacial score (nSPS) is 16.0. The van der Waals surface area contributed by atoms with Crippen LogP contribution in [0.4, 0.5) is 4.79 Å². The van der Waals surface area contributed by atoms with E-state index in [2.05, 4.69) is 5.32 Å². The number of nitrogens with two attached hydrogens (primary N) is 2. The smallest absolute Gasteiger partial charge is 0.328 e. The molecule has 1 aromatic carbocycles. The summed E-state index contributed by atoms with van der Waals surface area (Å²) in [4.78, 5) is 50.4. The zero-order valence-corrected chi connectivity index (χ0v) is 17.9. The zero-order chi connectivity index (χ0) is 23.0. The number of likely N-dealkylation sites (tertiary alicyclic amines) is 1. The Bertz CT molecular complexity index is 826. The third kappa shape index (κ3) is 6.42. The zero-order valence-electron chi connectivity index (χ0n) is 17.9. The van der Waals surface area contributed by atoms with Gasteiger partial charge in [0.1, 0.15) is 18.4 Å². The van der Waals surface area contributed by atoms with Crippen LogP contribution < -0.4 is 21.5 Å². The third-order valence-corrected chi connectivity index (χ3v) is 4.95. The first-order valence-corrected chi connectivity index (χ1v) is 10.2. The maximum Gasteiger partial charge on any atom is 0.328 e.